The molecule has 0 bridgehead atoms. The second-order valence-electron chi connectivity index (χ2n) is 8.14. The Morgan fingerprint density at radius 2 is 1.76 bits per heavy atom. The lowest BCUT2D eigenvalue weighted by atomic mass is 10.1. The summed E-state index contributed by atoms with van der Waals surface area (Å²) >= 11 is 1.54. The van der Waals surface area contributed by atoms with Gasteiger partial charge in [-0.15, -0.1) is 10.2 Å². The molecule has 34 heavy (non-hydrogen) atoms. The molecule has 1 aliphatic rings. The van der Waals surface area contributed by atoms with E-state index in [1.807, 2.05) is 49.4 Å². The molecule has 0 aliphatic carbocycles. The predicted octanol–water partition coefficient (Wildman–Crippen LogP) is 4.99. The number of rotatable bonds is 9. The van der Waals surface area contributed by atoms with Crippen LogP contribution in [0.25, 0.3) is 17.1 Å². The zero-order valence-corrected chi connectivity index (χ0v) is 20.1. The number of hydrogen-bond donors (Lipinski definition) is 0. The van der Waals surface area contributed by atoms with Crippen molar-refractivity contribution < 1.29 is 9.26 Å². The predicted molar refractivity (Wildman–Crippen MR) is 131 cm³/mol. The van der Waals surface area contributed by atoms with Gasteiger partial charge in [-0.1, -0.05) is 53.7 Å². The maximum atomic E-state index is 5.71. The summed E-state index contributed by atoms with van der Waals surface area (Å²) in [4.78, 5) is 7.06. The number of aromatic nitrogens is 5. The van der Waals surface area contributed by atoms with Crippen LogP contribution in [0.2, 0.25) is 0 Å². The van der Waals surface area contributed by atoms with Gasteiger partial charge in [0.15, 0.2) is 11.0 Å². The molecule has 1 saturated heterocycles. The maximum Gasteiger partial charge on any atom is 0.237 e. The summed E-state index contributed by atoms with van der Waals surface area (Å²) in [5, 5.41) is 14.1. The highest BCUT2D eigenvalue weighted by Gasteiger charge is 2.20. The average Bonchev–Trinajstić information content (AvgIpc) is 3.51. The van der Waals surface area contributed by atoms with Gasteiger partial charge in [0.25, 0.3) is 0 Å². The summed E-state index contributed by atoms with van der Waals surface area (Å²) in [6.07, 6.45) is 3.80. The van der Waals surface area contributed by atoms with Crippen LogP contribution in [0.3, 0.4) is 0 Å². The molecule has 176 valence electrons. The average molecular weight is 477 g/mol. The minimum atomic E-state index is 0.498. The van der Waals surface area contributed by atoms with Gasteiger partial charge in [0, 0.05) is 5.69 Å². The monoisotopic (exact) mass is 476 g/mol. The Morgan fingerprint density at radius 1 is 0.971 bits per heavy atom. The summed E-state index contributed by atoms with van der Waals surface area (Å²) < 4.78 is 13.4. The number of piperidine rings is 1. The van der Waals surface area contributed by atoms with Gasteiger partial charge in [-0.25, -0.2) is 0 Å². The summed E-state index contributed by atoms with van der Waals surface area (Å²) in [5.41, 5.74) is 1.87. The van der Waals surface area contributed by atoms with Crippen molar-refractivity contribution in [3.63, 3.8) is 0 Å². The smallest absolute Gasteiger partial charge is 0.237 e. The Balaban J connectivity index is 1.35. The van der Waals surface area contributed by atoms with E-state index < -0.39 is 0 Å². The molecule has 2 aromatic carbocycles. The molecule has 0 saturated carbocycles. The van der Waals surface area contributed by atoms with Gasteiger partial charge in [0.2, 0.25) is 11.7 Å². The quantitative estimate of drug-likeness (QED) is 0.312. The van der Waals surface area contributed by atoms with Crippen molar-refractivity contribution in [2.75, 3.05) is 19.7 Å². The number of likely N-dealkylation sites (tertiary alicyclic amines) is 1. The highest BCUT2D eigenvalue weighted by molar-refractivity contribution is 7.98. The number of para-hydroxylation sites is 2. The van der Waals surface area contributed by atoms with Crippen molar-refractivity contribution in [1.82, 2.24) is 29.8 Å². The van der Waals surface area contributed by atoms with Crippen molar-refractivity contribution in [1.29, 1.82) is 0 Å². The van der Waals surface area contributed by atoms with E-state index in [0.29, 0.717) is 24.1 Å². The Hall–Kier alpha value is -3.17. The lowest BCUT2D eigenvalue weighted by Crippen LogP contribution is -2.30. The van der Waals surface area contributed by atoms with E-state index in [9.17, 15) is 0 Å². The van der Waals surface area contributed by atoms with Crippen LogP contribution >= 0.6 is 11.8 Å². The van der Waals surface area contributed by atoms with E-state index in [-0.39, 0.29) is 0 Å². The third kappa shape index (κ3) is 5.15. The first-order chi connectivity index (χ1) is 16.8. The normalized spacial score (nSPS) is 14.4. The van der Waals surface area contributed by atoms with Gasteiger partial charge in [-0.3, -0.25) is 9.47 Å². The first kappa shape index (κ1) is 22.6. The van der Waals surface area contributed by atoms with Gasteiger partial charge in [-0.2, -0.15) is 4.98 Å². The molecule has 0 radical (unpaired) electrons. The van der Waals surface area contributed by atoms with Crippen molar-refractivity contribution in [2.45, 2.75) is 43.6 Å². The molecule has 8 nitrogen and oxygen atoms in total. The van der Waals surface area contributed by atoms with Crippen molar-refractivity contribution in [2.24, 2.45) is 0 Å². The Labute approximate surface area is 203 Å². The molecular weight excluding hydrogens is 448 g/mol. The second-order valence-corrected chi connectivity index (χ2v) is 9.08. The maximum absolute atomic E-state index is 5.71. The van der Waals surface area contributed by atoms with E-state index in [1.54, 1.807) is 11.8 Å². The summed E-state index contributed by atoms with van der Waals surface area (Å²) in [7, 11) is 0. The molecule has 0 spiro atoms. The topological polar surface area (TPSA) is 82.1 Å². The molecule has 0 amide bonds. The van der Waals surface area contributed by atoms with Crippen LogP contribution in [0.1, 0.15) is 37.9 Å². The zero-order chi connectivity index (χ0) is 23.2. The second kappa shape index (κ2) is 10.8. The third-order valence-corrected chi connectivity index (χ3v) is 6.66. The number of thioether (sulfide) groups is 1. The number of ether oxygens (including phenoxy) is 1. The number of hydrogen-bond acceptors (Lipinski definition) is 8. The van der Waals surface area contributed by atoms with Crippen LogP contribution < -0.4 is 4.74 Å². The zero-order valence-electron chi connectivity index (χ0n) is 19.3. The standard InChI is InChI=1S/C25H28N6O2S/c1-2-32-21-14-8-7-13-20(21)24-26-23(33-29-24)18-34-25-28-27-22(17-30-15-9-4-10-16-30)31(25)19-11-5-3-6-12-19/h3,5-8,11-14H,2,4,9-10,15-18H2,1H3. The molecule has 4 aromatic rings. The SMILES string of the molecule is CCOc1ccccc1-c1noc(CSc2nnc(CN3CCCCC3)n2-c2ccccc2)n1. The van der Waals surface area contributed by atoms with Gasteiger partial charge in [0.1, 0.15) is 5.75 Å². The van der Waals surface area contributed by atoms with E-state index in [1.165, 1.54) is 19.3 Å². The van der Waals surface area contributed by atoms with E-state index >= 15 is 0 Å². The Morgan fingerprint density at radius 3 is 2.59 bits per heavy atom. The van der Waals surface area contributed by atoms with E-state index in [0.717, 1.165) is 47.6 Å². The lowest BCUT2D eigenvalue weighted by molar-refractivity contribution is 0.214. The molecule has 1 fully saturated rings. The summed E-state index contributed by atoms with van der Waals surface area (Å²) in [6, 6.07) is 18.0. The van der Waals surface area contributed by atoms with Crippen LogP contribution in [0.15, 0.2) is 64.3 Å². The minimum Gasteiger partial charge on any atom is -0.493 e. The molecule has 0 unspecified atom stereocenters. The van der Waals surface area contributed by atoms with Crippen LogP contribution in [-0.4, -0.2) is 49.5 Å². The molecular formula is C25H28N6O2S. The van der Waals surface area contributed by atoms with E-state index in [2.05, 4.69) is 41.9 Å². The molecule has 9 heteroatoms. The minimum absolute atomic E-state index is 0.498. The fraction of sp³-hybridized carbons (Fsp3) is 0.360. The number of nitrogens with zero attached hydrogens (tertiary/aromatic N) is 6. The van der Waals surface area contributed by atoms with Crippen LogP contribution in [0.4, 0.5) is 0 Å². The molecule has 5 rings (SSSR count). The van der Waals surface area contributed by atoms with Crippen molar-refractivity contribution in [3.05, 3.63) is 66.3 Å². The lowest BCUT2D eigenvalue weighted by Gasteiger charge is -2.26. The van der Waals surface area contributed by atoms with Gasteiger partial charge in [0.05, 0.1) is 24.5 Å². The first-order valence-corrected chi connectivity index (χ1v) is 12.7. The van der Waals surface area contributed by atoms with Crippen molar-refractivity contribution >= 4 is 11.8 Å². The Kier molecular flexibility index (Phi) is 7.21. The fourth-order valence-corrected chi connectivity index (χ4v) is 4.94. The Bertz CT molecular complexity index is 1200. The highest BCUT2D eigenvalue weighted by Crippen LogP contribution is 2.30. The molecule has 3 heterocycles. The van der Waals surface area contributed by atoms with Crippen LogP contribution in [0, 0.1) is 0 Å². The summed E-state index contributed by atoms with van der Waals surface area (Å²) in [6.45, 7) is 5.54. The van der Waals surface area contributed by atoms with Gasteiger partial charge >= 0.3 is 0 Å². The third-order valence-electron chi connectivity index (χ3n) is 5.75. The molecule has 2 aromatic heterocycles. The molecule has 0 atom stereocenters. The van der Waals surface area contributed by atoms with Gasteiger partial charge in [-0.05, 0) is 57.1 Å². The van der Waals surface area contributed by atoms with Crippen LogP contribution in [0.5, 0.6) is 5.75 Å². The van der Waals surface area contributed by atoms with Crippen molar-refractivity contribution in [3.8, 4) is 22.8 Å². The largest absolute Gasteiger partial charge is 0.493 e. The van der Waals surface area contributed by atoms with Gasteiger partial charge < -0.3 is 9.26 Å². The van der Waals surface area contributed by atoms with E-state index in [4.69, 9.17) is 9.26 Å². The first-order valence-electron chi connectivity index (χ1n) is 11.7. The number of benzene rings is 2. The highest BCUT2D eigenvalue weighted by atomic mass is 32.2. The van der Waals surface area contributed by atoms with Crippen LogP contribution in [-0.2, 0) is 12.3 Å². The fourth-order valence-electron chi connectivity index (χ4n) is 4.13. The molecule has 1 aliphatic heterocycles. The molecule has 0 N–H and O–H groups in total. The summed E-state index contributed by atoms with van der Waals surface area (Å²) in [5.74, 6) is 3.25.